The first-order valence-electron chi connectivity index (χ1n) is 3.65. The number of hydrogen-bond donors (Lipinski definition) is 0. The Bertz CT molecular complexity index is 97.0. The maximum absolute atomic E-state index is 9.95. The van der Waals surface area contributed by atoms with Crippen molar-refractivity contribution < 1.29 is 14.6 Å². The Morgan fingerprint density at radius 1 is 1.60 bits per heavy atom. The van der Waals surface area contributed by atoms with Crippen LogP contribution in [0.25, 0.3) is 0 Å². The van der Waals surface area contributed by atoms with Crippen LogP contribution < -0.4 is 0 Å². The highest BCUT2D eigenvalue weighted by Crippen LogP contribution is 2.13. The van der Waals surface area contributed by atoms with Gasteiger partial charge in [-0.25, -0.2) is 9.78 Å². The highest BCUT2D eigenvalue weighted by atomic mass is 17.2. The van der Waals surface area contributed by atoms with Gasteiger partial charge in [-0.2, -0.15) is 0 Å². The summed E-state index contributed by atoms with van der Waals surface area (Å²) in [4.78, 5) is 19.6. The summed E-state index contributed by atoms with van der Waals surface area (Å²) in [5.41, 5.74) is 0. The molecule has 0 aliphatic carbocycles. The second-order valence-corrected chi connectivity index (χ2v) is 2.43. The van der Waals surface area contributed by atoms with Gasteiger partial charge < -0.3 is 4.79 Å². The molecule has 1 aliphatic heterocycles. The molecule has 1 fully saturated rings. The van der Waals surface area contributed by atoms with Gasteiger partial charge in [0.2, 0.25) is 0 Å². The van der Waals surface area contributed by atoms with Gasteiger partial charge in [0.25, 0.3) is 0 Å². The molecule has 1 rings (SSSR count). The maximum atomic E-state index is 9.95. The highest BCUT2D eigenvalue weighted by molar-refractivity contribution is 5.49. The summed E-state index contributed by atoms with van der Waals surface area (Å²) in [6.07, 6.45) is 4.51. The van der Waals surface area contributed by atoms with Crippen LogP contribution in [0.3, 0.4) is 0 Å². The molecule has 0 N–H and O–H groups in total. The van der Waals surface area contributed by atoms with Gasteiger partial charge in [-0.3, -0.25) is 0 Å². The molecule has 0 aromatic carbocycles. The van der Waals surface area contributed by atoms with E-state index in [9.17, 15) is 4.79 Å². The normalized spacial score (nSPS) is 26.2. The average molecular weight is 144 g/mol. The van der Waals surface area contributed by atoms with E-state index in [0.29, 0.717) is 13.0 Å². The Kier molecular flexibility index (Phi) is 3.40. The Morgan fingerprint density at radius 2 is 2.50 bits per heavy atom. The van der Waals surface area contributed by atoms with Crippen molar-refractivity contribution in [2.24, 2.45) is 0 Å². The minimum absolute atomic E-state index is 0.152. The van der Waals surface area contributed by atoms with Crippen molar-refractivity contribution in [3.05, 3.63) is 0 Å². The number of hydrogen-bond acceptors (Lipinski definition) is 3. The van der Waals surface area contributed by atoms with Crippen LogP contribution in [-0.2, 0) is 14.6 Å². The fourth-order valence-electron chi connectivity index (χ4n) is 1.01. The van der Waals surface area contributed by atoms with Gasteiger partial charge in [-0.15, -0.1) is 0 Å². The molecule has 0 saturated carbocycles. The smallest absolute Gasteiger partial charge is 0.120 e. The zero-order valence-electron chi connectivity index (χ0n) is 5.91. The average Bonchev–Trinajstić information content (AvgIpc) is 2.03. The van der Waals surface area contributed by atoms with Crippen LogP contribution in [0, 0.1) is 0 Å². The largest absolute Gasteiger partial charge is 0.303 e. The van der Waals surface area contributed by atoms with Crippen LogP contribution in [0.15, 0.2) is 0 Å². The molecule has 1 heterocycles. The molecule has 1 aliphatic rings. The van der Waals surface area contributed by atoms with E-state index >= 15 is 0 Å². The minimum Gasteiger partial charge on any atom is -0.303 e. The lowest BCUT2D eigenvalue weighted by atomic mass is 10.1. The summed E-state index contributed by atoms with van der Waals surface area (Å²) in [5.74, 6) is 0. The molecule has 0 amide bonds. The van der Waals surface area contributed by atoms with Crippen LogP contribution in [-0.4, -0.2) is 19.0 Å². The van der Waals surface area contributed by atoms with Crippen molar-refractivity contribution in [1.29, 1.82) is 0 Å². The van der Waals surface area contributed by atoms with Gasteiger partial charge in [0.05, 0.1) is 12.7 Å². The monoisotopic (exact) mass is 144 g/mol. The van der Waals surface area contributed by atoms with E-state index in [4.69, 9.17) is 9.78 Å². The molecule has 1 atom stereocenters. The lowest BCUT2D eigenvalue weighted by Crippen LogP contribution is -2.19. The first-order valence-corrected chi connectivity index (χ1v) is 3.65. The fourth-order valence-corrected chi connectivity index (χ4v) is 1.01. The summed E-state index contributed by atoms with van der Waals surface area (Å²) in [7, 11) is 0. The Hall–Kier alpha value is -0.410. The summed E-state index contributed by atoms with van der Waals surface area (Å²) in [5, 5.41) is 0. The first-order chi connectivity index (χ1) is 4.93. The third kappa shape index (κ3) is 2.45. The second-order valence-electron chi connectivity index (χ2n) is 2.43. The number of aldehydes is 1. The van der Waals surface area contributed by atoms with Gasteiger partial charge in [0, 0.05) is 6.42 Å². The van der Waals surface area contributed by atoms with Gasteiger partial charge in [0.15, 0.2) is 0 Å². The molecular formula is C7H12O3. The van der Waals surface area contributed by atoms with Crippen molar-refractivity contribution in [2.45, 2.75) is 31.8 Å². The number of rotatable bonds is 3. The molecule has 3 nitrogen and oxygen atoms in total. The van der Waals surface area contributed by atoms with Gasteiger partial charge in [0.1, 0.15) is 6.29 Å². The summed E-state index contributed by atoms with van der Waals surface area (Å²) >= 11 is 0. The minimum atomic E-state index is 0.152. The van der Waals surface area contributed by atoms with Crippen molar-refractivity contribution >= 4 is 6.29 Å². The summed E-state index contributed by atoms with van der Waals surface area (Å²) in [6, 6.07) is 0. The Balaban J connectivity index is 2.07. The maximum Gasteiger partial charge on any atom is 0.120 e. The topological polar surface area (TPSA) is 35.5 Å². The van der Waals surface area contributed by atoms with Crippen molar-refractivity contribution in [3.63, 3.8) is 0 Å². The van der Waals surface area contributed by atoms with E-state index in [1.165, 1.54) is 0 Å². The third-order valence-corrected chi connectivity index (χ3v) is 1.56. The van der Waals surface area contributed by atoms with E-state index in [-0.39, 0.29) is 6.10 Å². The van der Waals surface area contributed by atoms with Crippen molar-refractivity contribution in [3.8, 4) is 0 Å². The van der Waals surface area contributed by atoms with E-state index in [2.05, 4.69) is 0 Å². The van der Waals surface area contributed by atoms with Crippen molar-refractivity contribution in [2.75, 3.05) is 6.61 Å². The predicted molar refractivity (Wildman–Crippen MR) is 35.4 cm³/mol. The molecule has 58 valence electrons. The van der Waals surface area contributed by atoms with E-state index < -0.39 is 0 Å². The quantitative estimate of drug-likeness (QED) is 0.439. The molecule has 0 aromatic rings. The Morgan fingerprint density at radius 3 is 3.10 bits per heavy atom. The molecule has 0 radical (unpaired) electrons. The molecule has 3 heteroatoms. The van der Waals surface area contributed by atoms with Crippen LogP contribution in [0.1, 0.15) is 25.7 Å². The van der Waals surface area contributed by atoms with E-state index in [0.717, 1.165) is 25.5 Å². The van der Waals surface area contributed by atoms with Gasteiger partial charge in [-0.05, 0) is 19.3 Å². The van der Waals surface area contributed by atoms with Crippen LogP contribution in [0.5, 0.6) is 0 Å². The van der Waals surface area contributed by atoms with Gasteiger partial charge in [-0.1, -0.05) is 0 Å². The molecule has 0 bridgehead atoms. The SMILES string of the molecule is O=CCCC1CCCOO1. The first kappa shape index (κ1) is 7.69. The van der Waals surface area contributed by atoms with Crippen LogP contribution >= 0.6 is 0 Å². The third-order valence-electron chi connectivity index (χ3n) is 1.56. The molecule has 10 heavy (non-hydrogen) atoms. The standard InChI is InChI=1S/C7H12O3/c8-5-1-3-7-4-2-6-9-10-7/h5,7H,1-4,6H2. The highest BCUT2D eigenvalue weighted by Gasteiger charge is 2.13. The second kappa shape index (κ2) is 4.41. The zero-order chi connectivity index (χ0) is 7.23. The van der Waals surface area contributed by atoms with Crippen molar-refractivity contribution in [1.82, 2.24) is 0 Å². The van der Waals surface area contributed by atoms with Crippen LogP contribution in [0.2, 0.25) is 0 Å². The Labute approximate surface area is 60.2 Å². The molecular weight excluding hydrogens is 132 g/mol. The molecule has 1 saturated heterocycles. The molecule has 0 spiro atoms. The lowest BCUT2D eigenvalue weighted by molar-refractivity contribution is -0.345. The lowest BCUT2D eigenvalue weighted by Gasteiger charge is -2.19. The molecule has 0 aromatic heterocycles. The van der Waals surface area contributed by atoms with E-state index in [1.54, 1.807) is 0 Å². The van der Waals surface area contributed by atoms with Crippen LogP contribution in [0.4, 0.5) is 0 Å². The predicted octanol–water partition coefficient (Wildman–Crippen LogP) is 1.08. The summed E-state index contributed by atoms with van der Waals surface area (Å²) in [6.45, 7) is 0.692. The fraction of sp³-hybridized carbons (Fsp3) is 0.857. The zero-order valence-corrected chi connectivity index (χ0v) is 5.91. The molecule has 1 unspecified atom stereocenters. The van der Waals surface area contributed by atoms with E-state index in [1.807, 2.05) is 0 Å². The number of carbonyl (C=O) groups is 1. The summed E-state index contributed by atoms with van der Waals surface area (Å²) < 4.78 is 0. The van der Waals surface area contributed by atoms with Gasteiger partial charge >= 0.3 is 0 Å². The number of carbonyl (C=O) groups excluding carboxylic acids is 1.